The van der Waals surface area contributed by atoms with Crippen LogP contribution in [0.4, 0.5) is 5.69 Å². The van der Waals surface area contributed by atoms with Crippen molar-refractivity contribution in [3.05, 3.63) is 28.2 Å². The van der Waals surface area contributed by atoms with Crippen molar-refractivity contribution in [2.75, 3.05) is 37.6 Å². The minimum Gasteiger partial charge on any atom is -0.360 e. The molecule has 0 bridgehead atoms. The number of hydrogen-bond acceptors (Lipinski definition) is 3. The molecule has 1 aromatic rings. The number of carbonyl (C=O) groups excluding carboxylic acids is 1. The van der Waals surface area contributed by atoms with Gasteiger partial charge < -0.3 is 15.1 Å². The number of carbonyl (C=O) groups is 1. The highest BCUT2D eigenvalue weighted by Gasteiger charge is 2.38. The standard InChI is InChI=1S/C22H32BrN3O/c1-2-26-20-8-6-19(23)13-18(20)5-7-21(26)22(27)25-14-17(15-25)4-3-16-9-11-24-12-10-16/h6,8,13,16-17,21,24H,2-5,7,9-12,14-15H2,1H3. The molecule has 0 aliphatic carbocycles. The van der Waals surface area contributed by atoms with E-state index < -0.39 is 0 Å². The molecule has 1 atom stereocenters. The summed E-state index contributed by atoms with van der Waals surface area (Å²) in [7, 11) is 0. The van der Waals surface area contributed by atoms with Gasteiger partial charge in [0, 0.05) is 29.8 Å². The van der Waals surface area contributed by atoms with Crippen LogP contribution in [-0.4, -0.2) is 49.6 Å². The van der Waals surface area contributed by atoms with Gasteiger partial charge in [-0.05, 0) is 94.1 Å². The Bertz CT molecular complexity index is 668. The third-order valence-electron chi connectivity index (χ3n) is 6.75. The number of aryl methyl sites for hydroxylation is 1. The number of hydrogen-bond donors (Lipinski definition) is 1. The van der Waals surface area contributed by atoms with E-state index in [1.807, 2.05) is 0 Å². The number of halogens is 1. The van der Waals surface area contributed by atoms with Gasteiger partial charge in [0.2, 0.25) is 5.91 Å². The summed E-state index contributed by atoms with van der Waals surface area (Å²) in [5.74, 6) is 1.98. The monoisotopic (exact) mass is 433 g/mol. The summed E-state index contributed by atoms with van der Waals surface area (Å²) >= 11 is 3.57. The van der Waals surface area contributed by atoms with E-state index in [1.54, 1.807) is 0 Å². The van der Waals surface area contributed by atoms with Crippen molar-refractivity contribution in [3.63, 3.8) is 0 Å². The number of amides is 1. The molecule has 1 unspecified atom stereocenters. The lowest BCUT2D eigenvalue weighted by Crippen LogP contribution is -2.58. The van der Waals surface area contributed by atoms with E-state index >= 15 is 0 Å². The molecular weight excluding hydrogens is 402 g/mol. The average Bonchev–Trinajstić information content (AvgIpc) is 2.66. The van der Waals surface area contributed by atoms with Crippen LogP contribution in [0.3, 0.4) is 0 Å². The lowest BCUT2D eigenvalue weighted by Gasteiger charge is -2.45. The Balaban J connectivity index is 1.30. The van der Waals surface area contributed by atoms with Crippen molar-refractivity contribution in [1.29, 1.82) is 0 Å². The molecular formula is C22H32BrN3O. The molecule has 0 saturated carbocycles. The van der Waals surface area contributed by atoms with Crippen LogP contribution < -0.4 is 10.2 Å². The van der Waals surface area contributed by atoms with Crippen molar-refractivity contribution in [3.8, 4) is 0 Å². The maximum atomic E-state index is 13.1. The van der Waals surface area contributed by atoms with E-state index in [2.05, 4.69) is 56.2 Å². The SMILES string of the molecule is CCN1c2ccc(Br)cc2CCC1C(=O)N1CC(CCC2CCNCC2)C1. The quantitative estimate of drug-likeness (QED) is 0.765. The molecule has 0 radical (unpaired) electrons. The Morgan fingerprint density at radius 3 is 2.63 bits per heavy atom. The smallest absolute Gasteiger partial charge is 0.245 e. The average molecular weight is 434 g/mol. The number of anilines is 1. The van der Waals surface area contributed by atoms with Crippen molar-refractivity contribution in [1.82, 2.24) is 10.2 Å². The second kappa shape index (κ2) is 8.52. The zero-order valence-electron chi connectivity index (χ0n) is 16.4. The van der Waals surface area contributed by atoms with E-state index in [0.717, 1.165) is 48.8 Å². The first-order chi connectivity index (χ1) is 13.2. The molecule has 1 amide bonds. The first-order valence-corrected chi connectivity index (χ1v) is 11.5. The number of benzene rings is 1. The number of nitrogens with zero attached hydrogens (tertiary/aromatic N) is 2. The van der Waals surface area contributed by atoms with Crippen LogP contribution in [0, 0.1) is 11.8 Å². The molecule has 5 heteroatoms. The van der Waals surface area contributed by atoms with Crippen LogP contribution in [0.15, 0.2) is 22.7 Å². The van der Waals surface area contributed by atoms with Gasteiger partial charge in [0.1, 0.15) is 6.04 Å². The number of fused-ring (bicyclic) bond motifs is 1. The Hall–Kier alpha value is -1.07. The fourth-order valence-corrected chi connectivity index (χ4v) is 5.49. The molecule has 27 heavy (non-hydrogen) atoms. The van der Waals surface area contributed by atoms with E-state index in [9.17, 15) is 4.79 Å². The summed E-state index contributed by atoms with van der Waals surface area (Å²) in [4.78, 5) is 17.6. The molecule has 2 fully saturated rings. The lowest BCUT2D eigenvalue weighted by atomic mass is 9.85. The lowest BCUT2D eigenvalue weighted by molar-refractivity contribution is -0.139. The van der Waals surface area contributed by atoms with Crippen molar-refractivity contribution >= 4 is 27.5 Å². The van der Waals surface area contributed by atoms with Gasteiger partial charge in [-0.15, -0.1) is 0 Å². The fourth-order valence-electron chi connectivity index (χ4n) is 5.08. The van der Waals surface area contributed by atoms with Crippen molar-refractivity contribution in [2.45, 2.75) is 51.5 Å². The molecule has 148 valence electrons. The maximum Gasteiger partial charge on any atom is 0.245 e. The predicted molar refractivity (Wildman–Crippen MR) is 114 cm³/mol. The van der Waals surface area contributed by atoms with Crippen LogP contribution in [0.25, 0.3) is 0 Å². The zero-order chi connectivity index (χ0) is 18.8. The van der Waals surface area contributed by atoms with Crippen LogP contribution >= 0.6 is 15.9 Å². The first kappa shape index (κ1) is 19.3. The Morgan fingerprint density at radius 1 is 1.15 bits per heavy atom. The number of piperidine rings is 1. The third kappa shape index (κ3) is 4.19. The number of likely N-dealkylation sites (tertiary alicyclic amines) is 1. The minimum atomic E-state index is 0.0223. The molecule has 0 aromatic heterocycles. The second-order valence-corrected chi connectivity index (χ2v) is 9.41. The van der Waals surface area contributed by atoms with Crippen LogP contribution in [0.2, 0.25) is 0 Å². The highest BCUT2D eigenvalue weighted by Crippen LogP contribution is 2.35. The summed E-state index contributed by atoms with van der Waals surface area (Å²) in [5, 5.41) is 3.45. The summed E-state index contributed by atoms with van der Waals surface area (Å²) in [6.45, 7) is 7.38. The fraction of sp³-hybridized carbons (Fsp3) is 0.682. The second-order valence-electron chi connectivity index (χ2n) is 8.49. The van der Waals surface area contributed by atoms with Crippen molar-refractivity contribution in [2.24, 2.45) is 11.8 Å². The van der Waals surface area contributed by atoms with E-state index in [1.165, 1.54) is 50.0 Å². The molecule has 1 N–H and O–H groups in total. The van der Waals surface area contributed by atoms with Gasteiger partial charge in [0.25, 0.3) is 0 Å². The first-order valence-electron chi connectivity index (χ1n) is 10.7. The summed E-state index contributed by atoms with van der Waals surface area (Å²) in [6.07, 6.45) is 7.24. The van der Waals surface area contributed by atoms with E-state index in [-0.39, 0.29) is 6.04 Å². The topological polar surface area (TPSA) is 35.6 Å². The van der Waals surface area contributed by atoms with Crippen LogP contribution in [-0.2, 0) is 11.2 Å². The minimum absolute atomic E-state index is 0.0223. The number of rotatable bonds is 5. The molecule has 3 aliphatic rings. The largest absolute Gasteiger partial charge is 0.360 e. The number of nitrogens with one attached hydrogen (secondary N) is 1. The number of likely N-dealkylation sites (N-methyl/N-ethyl adjacent to an activating group) is 1. The van der Waals surface area contributed by atoms with Gasteiger partial charge in [-0.3, -0.25) is 4.79 Å². The molecule has 3 aliphatic heterocycles. The Kier molecular flexibility index (Phi) is 6.08. The van der Waals surface area contributed by atoms with Gasteiger partial charge in [0.15, 0.2) is 0 Å². The Labute approximate surface area is 171 Å². The van der Waals surface area contributed by atoms with E-state index in [4.69, 9.17) is 0 Å². The van der Waals surface area contributed by atoms with Crippen molar-refractivity contribution < 1.29 is 4.79 Å². The highest BCUT2D eigenvalue weighted by atomic mass is 79.9. The normalized spacial score (nSPS) is 23.9. The van der Waals surface area contributed by atoms with Gasteiger partial charge in [-0.2, -0.15) is 0 Å². The molecule has 4 nitrogen and oxygen atoms in total. The van der Waals surface area contributed by atoms with Gasteiger partial charge >= 0.3 is 0 Å². The van der Waals surface area contributed by atoms with Gasteiger partial charge in [-0.25, -0.2) is 0 Å². The maximum absolute atomic E-state index is 13.1. The predicted octanol–water partition coefficient (Wildman–Crippen LogP) is 3.83. The Morgan fingerprint density at radius 2 is 1.89 bits per heavy atom. The van der Waals surface area contributed by atoms with Crippen LogP contribution in [0.1, 0.15) is 44.6 Å². The third-order valence-corrected chi connectivity index (χ3v) is 7.24. The zero-order valence-corrected chi connectivity index (χ0v) is 18.0. The molecule has 0 spiro atoms. The summed E-state index contributed by atoms with van der Waals surface area (Å²) < 4.78 is 1.13. The molecule has 3 heterocycles. The molecule has 4 rings (SSSR count). The highest BCUT2D eigenvalue weighted by molar-refractivity contribution is 9.10. The summed E-state index contributed by atoms with van der Waals surface area (Å²) in [6, 6.07) is 6.49. The molecule has 1 aromatic carbocycles. The summed E-state index contributed by atoms with van der Waals surface area (Å²) in [5.41, 5.74) is 2.60. The van der Waals surface area contributed by atoms with Gasteiger partial charge in [-0.1, -0.05) is 15.9 Å². The van der Waals surface area contributed by atoms with Crippen LogP contribution in [0.5, 0.6) is 0 Å². The van der Waals surface area contributed by atoms with Gasteiger partial charge in [0.05, 0.1) is 0 Å². The molecule has 2 saturated heterocycles. The van der Waals surface area contributed by atoms with E-state index in [0.29, 0.717) is 5.91 Å².